The Bertz CT molecular complexity index is 616. The molecule has 1 heterocycles. The van der Waals surface area contributed by atoms with E-state index in [4.69, 9.17) is 10.8 Å². The lowest BCUT2D eigenvalue weighted by Crippen LogP contribution is -2.45. The maximum Gasteiger partial charge on any atom is 0.306 e. The number of amides is 1. The summed E-state index contributed by atoms with van der Waals surface area (Å²) in [7, 11) is 0. The Morgan fingerprint density at radius 2 is 1.62 bits per heavy atom. The van der Waals surface area contributed by atoms with E-state index in [0.29, 0.717) is 19.4 Å². The lowest BCUT2D eigenvalue weighted by molar-refractivity contribution is -0.142. The normalized spacial score (nSPS) is 24.3. The van der Waals surface area contributed by atoms with Gasteiger partial charge < -0.3 is 21.1 Å². The summed E-state index contributed by atoms with van der Waals surface area (Å²) in [5, 5.41) is 12.2. The Kier molecular flexibility index (Phi) is 6.14. The maximum absolute atomic E-state index is 12.5. The Labute approximate surface area is 154 Å². The minimum absolute atomic E-state index is 0.0618. The fourth-order valence-corrected chi connectivity index (χ4v) is 4.05. The van der Waals surface area contributed by atoms with Gasteiger partial charge in [-0.25, -0.2) is 0 Å². The third-order valence-corrected chi connectivity index (χ3v) is 5.83. The fraction of sp³-hybridized carbons (Fsp3) is 0.600. The molecular formula is C20H29N3O3. The molecule has 142 valence electrons. The summed E-state index contributed by atoms with van der Waals surface area (Å²) in [6.45, 7) is 2.31. The van der Waals surface area contributed by atoms with Crippen LogP contribution in [0.5, 0.6) is 0 Å². The van der Waals surface area contributed by atoms with Gasteiger partial charge in [-0.05, 0) is 56.2 Å². The van der Waals surface area contributed by atoms with Gasteiger partial charge in [0.05, 0.1) is 5.92 Å². The van der Waals surface area contributed by atoms with Crippen molar-refractivity contribution < 1.29 is 14.7 Å². The number of piperidine rings is 1. The number of nitrogens with two attached hydrogens (primary N) is 1. The third-order valence-electron chi connectivity index (χ3n) is 5.83. The molecule has 1 aromatic carbocycles. The molecule has 3 rings (SSSR count). The molecule has 0 unspecified atom stereocenters. The first-order valence-electron chi connectivity index (χ1n) is 9.64. The molecule has 0 spiro atoms. The minimum atomic E-state index is -0.707. The molecule has 1 saturated carbocycles. The van der Waals surface area contributed by atoms with Crippen LogP contribution in [-0.2, 0) is 16.1 Å². The molecule has 26 heavy (non-hydrogen) atoms. The molecule has 2 aliphatic rings. The second-order valence-corrected chi connectivity index (χ2v) is 7.53. The van der Waals surface area contributed by atoms with Crippen LogP contribution >= 0.6 is 0 Å². The highest BCUT2D eigenvalue weighted by molar-refractivity contribution is 5.79. The second-order valence-electron chi connectivity index (χ2n) is 7.53. The number of carbonyl (C=O) groups excluding carboxylic acids is 1. The number of hydrogen-bond acceptors (Lipinski definition) is 4. The van der Waals surface area contributed by atoms with Gasteiger partial charge in [-0.1, -0.05) is 12.1 Å². The average molecular weight is 359 g/mol. The molecule has 1 aliphatic carbocycles. The number of nitrogens with zero attached hydrogens (tertiary/aromatic N) is 1. The topological polar surface area (TPSA) is 95.7 Å². The summed E-state index contributed by atoms with van der Waals surface area (Å²) in [5.74, 6) is -0.743. The molecule has 4 N–H and O–H groups in total. The number of rotatable bonds is 5. The van der Waals surface area contributed by atoms with Crippen LogP contribution in [0.25, 0.3) is 0 Å². The van der Waals surface area contributed by atoms with Crippen molar-refractivity contribution in [2.45, 2.75) is 51.1 Å². The molecule has 0 radical (unpaired) electrons. The quantitative estimate of drug-likeness (QED) is 0.748. The van der Waals surface area contributed by atoms with E-state index in [-0.39, 0.29) is 23.8 Å². The Hall–Kier alpha value is -2.08. The maximum atomic E-state index is 12.5. The van der Waals surface area contributed by atoms with Crippen molar-refractivity contribution in [3.05, 3.63) is 29.8 Å². The molecule has 1 amide bonds. The van der Waals surface area contributed by atoms with Gasteiger partial charge in [-0.15, -0.1) is 0 Å². The van der Waals surface area contributed by atoms with Gasteiger partial charge in [0.15, 0.2) is 0 Å². The number of anilines is 1. The minimum Gasteiger partial charge on any atom is -0.481 e. The van der Waals surface area contributed by atoms with Crippen LogP contribution < -0.4 is 16.0 Å². The number of nitrogens with one attached hydrogen (secondary N) is 1. The number of carboxylic acids is 1. The van der Waals surface area contributed by atoms with Crippen LogP contribution in [0.1, 0.15) is 44.1 Å². The number of hydrogen-bond donors (Lipinski definition) is 3. The van der Waals surface area contributed by atoms with Crippen molar-refractivity contribution in [3.63, 3.8) is 0 Å². The first-order valence-corrected chi connectivity index (χ1v) is 9.64. The average Bonchev–Trinajstić information content (AvgIpc) is 2.68. The third kappa shape index (κ3) is 4.55. The molecule has 1 saturated heterocycles. The summed E-state index contributed by atoms with van der Waals surface area (Å²) >= 11 is 0. The van der Waals surface area contributed by atoms with E-state index in [2.05, 4.69) is 34.5 Å². The number of carboxylic acid groups (broad SMARTS) is 1. The van der Waals surface area contributed by atoms with E-state index in [1.54, 1.807) is 0 Å². The molecule has 0 aromatic heterocycles. The molecule has 6 heteroatoms. The van der Waals surface area contributed by atoms with E-state index in [1.165, 1.54) is 5.69 Å². The highest BCUT2D eigenvalue weighted by atomic mass is 16.4. The first-order chi connectivity index (χ1) is 12.6. The molecule has 6 nitrogen and oxygen atoms in total. The van der Waals surface area contributed by atoms with E-state index in [0.717, 1.165) is 44.3 Å². The first kappa shape index (κ1) is 18.7. The van der Waals surface area contributed by atoms with E-state index in [9.17, 15) is 9.59 Å². The molecule has 0 atom stereocenters. The Morgan fingerprint density at radius 1 is 1.00 bits per heavy atom. The molecule has 1 aromatic rings. The van der Waals surface area contributed by atoms with Crippen molar-refractivity contribution in [2.75, 3.05) is 18.0 Å². The molecule has 0 bridgehead atoms. The van der Waals surface area contributed by atoms with Crippen LogP contribution in [0.15, 0.2) is 24.3 Å². The molecule has 1 aliphatic heterocycles. The van der Waals surface area contributed by atoms with Crippen molar-refractivity contribution in [2.24, 2.45) is 17.6 Å². The van der Waals surface area contributed by atoms with Crippen LogP contribution in [-0.4, -0.2) is 36.1 Å². The van der Waals surface area contributed by atoms with Crippen LogP contribution in [0, 0.1) is 11.8 Å². The predicted octanol–water partition coefficient (Wildman–Crippen LogP) is 2.12. The highest BCUT2D eigenvalue weighted by Crippen LogP contribution is 2.27. The van der Waals surface area contributed by atoms with Crippen molar-refractivity contribution in [1.29, 1.82) is 0 Å². The monoisotopic (exact) mass is 359 g/mol. The van der Waals surface area contributed by atoms with Gasteiger partial charge in [0.25, 0.3) is 0 Å². The molecule has 2 fully saturated rings. The zero-order chi connectivity index (χ0) is 18.5. The van der Waals surface area contributed by atoms with E-state index in [1.807, 2.05) is 0 Å². The van der Waals surface area contributed by atoms with Crippen LogP contribution in [0.3, 0.4) is 0 Å². The highest BCUT2D eigenvalue weighted by Gasteiger charge is 2.30. The van der Waals surface area contributed by atoms with Gasteiger partial charge in [-0.3, -0.25) is 9.59 Å². The summed E-state index contributed by atoms with van der Waals surface area (Å²) in [6, 6.07) is 8.45. The Balaban J connectivity index is 1.44. The smallest absolute Gasteiger partial charge is 0.306 e. The van der Waals surface area contributed by atoms with E-state index >= 15 is 0 Å². The molecular weight excluding hydrogens is 330 g/mol. The second kappa shape index (κ2) is 8.54. The van der Waals surface area contributed by atoms with Gasteiger partial charge in [0, 0.05) is 37.3 Å². The van der Waals surface area contributed by atoms with Gasteiger partial charge in [-0.2, -0.15) is 0 Å². The van der Waals surface area contributed by atoms with Gasteiger partial charge in [0.2, 0.25) is 5.91 Å². The fourth-order valence-electron chi connectivity index (χ4n) is 4.05. The zero-order valence-electron chi connectivity index (χ0n) is 15.2. The van der Waals surface area contributed by atoms with Crippen LogP contribution in [0.2, 0.25) is 0 Å². The lowest BCUT2D eigenvalue weighted by Gasteiger charge is -2.34. The Morgan fingerprint density at radius 3 is 2.15 bits per heavy atom. The van der Waals surface area contributed by atoms with Crippen LogP contribution in [0.4, 0.5) is 5.69 Å². The number of carbonyl (C=O) groups is 2. The van der Waals surface area contributed by atoms with Crippen molar-refractivity contribution in [3.8, 4) is 0 Å². The summed E-state index contributed by atoms with van der Waals surface area (Å²) in [6.07, 6.45) is 4.59. The van der Waals surface area contributed by atoms with Crippen molar-refractivity contribution in [1.82, 2.24) is 5.32 Å². The van der Waals surface area contributed by atoms with E-state index < -0.39 is 5.97 Å². The summed E-state index contributed by atoms with van der Waals surface area (Å²) in [5.41, 5.74) is 7.96. The summed E-state index contributed by atoms with van der Waals surface area (Å²) in [4.78, 5) is 25.9. The predicted molar refractivity (Wildman–Crippen MR) is 101 cm³/mol. The number of aliphatic carboxylic acids is 1. The van der Waals surface area contributed by atoms with Gasteiger partial charge in [0.1, 0.15) is 0 Å². The number of benzene rings is 1. The standard InChI is InChI=1S/C20H29N3O3/c21-13-14-1-7-18(8-2-14)23-11-9-15(10-12-23)19(24)22-17-5-3-16(4-6-17)20(25)26/h1-2,7-8,15-17H,3-6,9-13,21H2,(H,22,24)(H,25,26). The SMILES string of the molecule is NCc1ccc(N2CCC(C(=O)NC3CCC(C(=O)O)CC3)CC2)cc1. The lowest BCUT2D eigenvalue weighted by atomic mass is 9.85. The largest absolute Gasteiger partial charge is 0.481 e. The summed E-state index contributed by atoms with van der Waals surface area (Å²) < 4.78 is 0. The van der Waals surface area contributed by atoms with Gasteiger partial charge >= 0.3 is 5.97 Å². The zero-order valence-corrected chi connectivity index (χ0v) is 15.2. The van der Waals surface area contributed by atoms with Crippen molar-refractivity contribution >= 4 is 17.6 Å².